The molecule has 0 aromatic rings. The van der Waals surface area contributed by atoms with E-state index in [1.54, 1.807) is 6.92 Å². The number of hydrogen-bond acceptors (Lipinski definition) is 25. The van der Waals surface area contributed by atoms with Gasteiger partial charge in [0.2, 0.25) is 0 Å². The fourth-order valence-corrected chi connectivity index (χ4v) is 29.5. The average molecular weight is 2070 g/mol. The van der Waals surface area contributed by atoms with Gasteiger partial charge in [0.25, 0.3) is 0 Å². The summed E-state index contributed by atoms with van der Waals surface area (Å²) in [5.74, 6) is 5.91. The largest absolute Gasteiger partial charge is 0.462 e. The number of carbonyl (C=O) groups is 10. The molecule has 20 saturated carbocycles. The van der Waals surface area contributed by atoms with E-state index in [9.17, 15) is 73.6 Å². The first-order valence-corrected chi connectivity index (χ1v) is 58.3. The van der Waals surface area contributed by atoms with Gasteiger partial charge in [-0.15, -0.1) is 0 Å². The van der Waals surface area contributed by atoms with E-state index in [4.69, 9.17) is 42.6 Å². The van der Waals surface area contributed by atoms with Crippen molar-refractivity contribution < 1.29 is 116 Å². The Morgan fingerprint density at radius 1 is 0.429 bits per heavy atom. The van der Waals surface area contributed by atoms with Gasteiger partial charge in [-0.1, -0.05) is 95.4 Å². The molecule has 20 aliphatic carbocycles. The lowest BCUT2D eigenvalue weighted by atomic mass is 9.45. The molecule has 147 heavy (non-hydrogen) atoms. The summed E-state index contributed by atoms with van der Waals surface area (Å²) in [6, 6.07) is 2.15. The molecule has 2 heterocycles. The highest BCUT2D eigenvalue weighted by atomic mass is 16.6. The van der Waals surface area contributed by atoms with Gasteiger partial charge < -0.3 is 67.8 Å². The summed E-state index contributed by atoms with van der Waals surface area (Å²) in [4.78, 5) is 120. The molecule has 0 spiro atoms. The van der Waals surface area contributed by atoms with E-state index >= 15 is 0 Å². The van der Waals surface area contributed by atoms with Crippen molar-refractivity contribution >= 4 is 59.7 Å². The van der Waals surface area contributed by atoms with E-state index in [0.29, 0.717) is 69.1 Å². The normalized spacial score (nSPS) is 37.4. The number of fused-ring (bicyclic) bond motifs is 1. The predicted molar refractivity (Wildman–Crippen MR) is 563 cm³/mol. The van der Waals surface area contributed by atoms with Crippen molar-refractivity contribution in [2.45, 2.75) is 565 Å². The Kier molecular flexibility index (Phi) is 37.2. The van der Waals surface area contributed by atoms with Gasteiger partial charge in [0.15, 0.2) is 5.41 Å². The Morgan fingerprint density at radius 3 is 1.18 bits per heavy atom. The summed E-state index contributed by atoms with van der Waals surface area (Å²) in [7, 11) is 0. The first-order chi connectivity index (χ1) is 67.8. The van der Waals surface area contributed by atoms with Crippen LogP contribution in [0.1, 0.15) is 490 Å². The number of nitriles is 1. The van der Waals surface area contributed by atoms with Crippen molar-refractivity contribution in [3.05, 3.63) is 0 Å². The number of carbonyl (C=O) groups excluding carboxylic acids is 10. The molecular weight excluding hydrogens is 1860 g/mol. The minimum Gasteiger partial charge on any atom is -0.462 e. The Bertz CT molecular complexity index is 4480. The predicted octanol–water partition coefficient (Wildman–Crippen LogP) is 24.8. The van der Waals surface area contributed by atoms with E-state index in [1.165, 1.54) is 116 Å². The fourth-order valence-electron chi connectivity index (χ4n) is 29.5. The van der Waals surface area contributed by atoms with Crippen LogP contribution in [0.25, 0.3) is 0 Å². The van der Waals surface area contributed by atoms with Crippen LogP contribution < -0.4 is 0 Å². The summed E-state index contributed by atoms with van der Waals surface area (Å²) in [6.07, 6.45) is 40.3. The van der Waals surface area contributed by atoms with E-state index in [0.717, 1.165) is 145 Å². The standard InChI is InChI=1S/C20H34O2.C17H28O2.2C16H26O4.C16H30O2.C15H19NO4.C13H24O2.C9H14O4/c1-6-18(3,4)17(21)22-19(5,7-2)20-11-14-8-15(12-20)10-16(9-14)13-20;1-5-16(2,3)15(18)19-17(4)13-7-11-6-12(9-13)10-14(17)8-11;2*1-4-13(2,3)12(17)20-16-7-11-5-14(18,9-16)8-15(19,6-11)10-16;1-7-15(3,4)14(17)18-16(5,6)13-10-8-12(2)9-11-13;1-4-14(2,3)12(17)19-10-8-5-9-11(10)20-13(18)15(9,6-8)7-16;1-5-12(2,3)11(14)15-13(4)9-7-6-8-10-13;1-3-6(2)9(11)13-7-4-8(10)12-5-7/h14-16H,6-13H2,1-5H3;11-14H,5-10H2,1-4H3;2*11,18-19H,4-10H2,1-3H3;12-13H,7-11H2,1-6H3;8-11H,4-6H2,1-3H3;5-10H2,1-4H3;6-7H,3-5H2,1-2H3. The van der Waals surface area contributed by atoms with Crippen LogP contribution in [0, 0.1) is 143 Å². The number of rotatable bonds is 27. The zero-order valence-electron chi connectivity index (χ0n) is 97.0. The second-order valence-corrected chi connectivity index (χ2v) is 57.0. The number of cyclic esters (lactones) is 1. The summed E-state index contributed by atoms with van der Waals surface area (Å²) in [5, 5.41) is 51.9. The minimum atomic E-state index is -0.974. The molecule has 18 bridgehead atoms. The van der Waals surface area contributed by atoms with Gasteiger partial charge in [-0.05, 0) is 415 Å². The maximum atomic E-state index is 12.7. The lowest BCUT2D eigenvalue weighted by molar-refractivity contribution is -0.265. The van der Waals surface area contributed by atoms with Crippen molar-refractivity contribution in [1.82, 2.24) is 0 Å². The zero-order valence-corrected chi connectivity index (χ0v) is 97.0. The second-order valence-electron chi connectivity index (χ2n) is 57.0. The molecule has 22 rings (SSSR count). The first-order valence-electron chi connectivity index (χ1n) is 58.3. The molecular formula is C122H201NO24. The van der Waals surface area contributed by atoms with Gasteiger partial charge in [-0.2, -0.15) is 5.26 Å². The lowest BCUT2D eigenvalue weighted by Crippen LogP contribution is -2.67. The fraction of sp³-hybridized carbons (Fsp3) is 0.910. The number of ether oxygens (including phenoxy) is 10. The molecule has 22 fully saturated rings. The van der Waals surface area contributed by atoms with Crippen LogP contribution in [0.2, 0.25) is 0 Å². The third kappa shape index (κ3) is 27.2. The summed E-state index contributed by atoms with van der Waals surface area (Å²) >= 11 is 0. The summed E-state index contributed by atoms with van der Waals surface area (Å²) in [5.41, 5.74) is -9.26. The molecule has 25 nitrogen and oxygen atoms in total. The first kappa shape index (κ1) is 121. The molecule has 0 aromatic heterocycles. The van der Waals surface area contributed by atoms with Crippen molar-refractivity contribution in [1.29, 1.82) is 5.26 Å². The average Bonchev–Trinajstić information content (AvgIpc) is 1.65. The molecule has 0 aromatic carbocycles. The molecule has 25 heteroatoms. The summed E-state index contributed by atoms with van der Waals surface area (Å²) < 4.78 is 56.4. The van der Waals surface area contributed by atoms with E-state index in [-0.39, 0.29) is 158 Å². The molecule has 0 amide bonds. The van der Waals surface area contributed by atoms with Crippen LogP contribution in [0.15, 0.2) is 0 Å². The van der Waals surface area contributed by atoms with Gasteiger partial charge in [-0.3, -0.25) is 47.9 Å². The third-order valence-electron chi connectivity index (χ3n) is 41.6. The smallest absolute Gasteiger partial charge is 0.327 e. The summed E-state index contributed by atoms with van der Waals surface area (Å²) in [6.45, 7) is 60.4. The Balaban J connectivity index is 0.000000160. The van der Waals surface area contributed by atoms with Crippen molar-refractivity contribution in [2.24, 2.45) is 132 Å². The third-order valence-corrected chi connectivity index (χ3v) is 41.6. The van der Waals surface area contributed by atoms with Crippen molar-refractivity contribution in [3.8, 4) is 6.07 Å². The van der Waals surface area contributed by atoms with Crippen molar-refractivity contribution in [2.75, 3.05) is 6.61 Å². The highest BCUT2D eigenvalue weighted by Crippen LogP contribution is 2.68. The van der Waals surface area contributed by atoms with Crippen molar-refractivity contribution in [3.63, 3.8) is 0 Å². The SMILES string of the molecule is CCC(C)(C)C(=O)OC(C)(C)C1CCC(C)CC1.CCC(C)(C)C(=O)OC(C)(CC)C12CC3CC(CC(C3)C1)C2.CCC(C)(C)C(=O)OC1(C)C2CC3CC(C2)CC1C3.CCC(C)(C)C(=O)OC1(C)CCCCC1.CCC(C)(C)C(=O)OC12CC3CC(O)(CC(O)(C3)C1)C2.CCC(C)(C)C(=O)OC12CC3CC(O)(CC(O)(C3)C1)C2.CCC(C)(C)C(=O)OC1C2CC3C1OC(=O)C3(C#N)C2.CCC(C)C(=O)OC1COC(=O)C1. The molecule has 838 valence electrons. The number of nitrogens with zero attached hydrogens (tertiary/aromatic N) is 1. The number of aliphatic hydroxyl groups is 4. The highest BCUT2D eigenvalue weighted by Gasteiger charge is 2.74. The lowest BCUT2D eigenvalue weighted by Gasteiger charge is -2.62. The molecule has 12 unspecified atom stereocenters. The Hall–Kier alpha value is -5.97. The van der Waals surface area contributed by atoms with Gasteiger partial charge >= 0.3 is 59.7 Å². The molecule has 12 atom stereocenters. The van der Waals surface area contributed by atoms with E-state index < -0.39 is 67.3 Å². The topological polar surface area (TPSA) is 368 Å². The molecule has 0 radical (unpaired) electrons. The minimum absolute atomic E-state index is 0.00935. The van der Waals surface area contributed by atoms with Gasteiger partial charge in [0, 0.05) is 55.8 Å². The van der Waals surface area contributed by atoms with Crippen LogP contribution in [0.4, 0.5) is 0 Å². The Morgan fingerprint density at radius 2 is 0.810 bits per heavy atom. The second kappa shape index (κ2) is 45.1. The van der Waals surface area contributed by atoms with Gasteiger partial charge in [-0.25, -0.2) is 0 Å². The molecule has 2 aliphatic heterocycles. The van der Waals surface area contributed by atoms with Gasteiger partial charge in [0.1, 0.15) is 58.5 Å². The number of hydrogen-bond donors (Lipinski definition) is 4. The maximum absolute atomic E-state index is 12.7. The van der Waals surface area contributed by atoms with E-state index in [2.05, 4.69) is 73.1 Å². The quantitative estimate of drug-likeness (QED) is 0.0438. The van der Waals surface area contributed by atoms with Crippen LogP contribution in [0.3, 0.4) is 0 Å². The molecule has 22 aliphatic rings. The Labute approximate surface area is 884 Å². The monoisotopic (exact) mass is 2060 g/mol. The highest BCUT2D eigenvalue weighted by molar-refractivity contribution is 5.85. The van der Waals surface area contributed by atoms with E-state index in [1.807, 2.05) is 138 Å². The molecule has 4 N–H and O–H groups in total. The maximum Gasteiger partial charge on any atom is 0.327 e. The van der Waals surface area contributed by atoms with Gasteiger partial charge in [0.05, 0.1) is 78.7 Å². The van der Waals surface area contributed by atoms with Crippen LogP contribution in [0.5, 0.6) is 0 Å². The zero-order chi connectivity index (χ0) is 110. The molecule has 2 saturated heterocycles. The number of esters is 10. The van der Waals surface area contributed by atoms with Crippen LogP contribution in [-0.4, -0.2) is 161 Å². The van der Waals surface area contributed by atoms with Crippen LogP contribution in [-0.2, 0) is 95.3 Å². The van der Waals surface area contributed by atoms with Crippen LogP contribution >= 0.6 is 0 Å².